The molecule has 0 aromatic heterocycles. The molecule has 0 spiro atoms. The van der Waals surface area contributed by atoms with Gasteiger partial charge in [-0.1, -0.05) is 6.07 Å². The lowest BCUT2D eigenvalue weighted by Gasteiger charge is -2.34. The minimum Gasteiger partial charge on any atom is -0.744 e. The molecule has 0 heterocycles. The normalized spacial score (nSPS) is 12.6. The molecule has 0 unspecified atom stereocenters. The van der Waals surface area contributed by atoms with Crippen LogP contribution in [0.3, 0.4) is 0 Å². The van der Waals surface area contributed by atoms with E-state index in [0.29, 0.717) is 18.2 Å². The van der Waals surface area contributed by atoms with Gasteiger partial charge in [-0.3, -0.25) is 0 Å². The lowest BCUT2D eigenvalue weighted by molar-refractivity contribution is -0.921. The van der Waals surface area contributed by atoms with Gasteiger partial charge in [0.25, 0.3) is 0 Å². The first kappa shape index (κ1) is 49.4. The van der Waals surface area contributed by atoms with Crippen LogP contribution in [0.2, 0.25) is 0 Å². The van der Waals surface area contributed by atoms with Gasteiger partial charge in [-0.15, -0.1) is 0 Å². The summed E-state index contributed by atoms with van der Waals surface area (Å²) in [5.74, 6) is 0. The number of fused-ring (bicyclic) bond motifs is 1. The minimum atomic E-state index is -5.14. The van der Waals surface area contributed by atoms with Gasteiger partial charge in [0.2, 0.25) is 0 Å². The first-order chi connectivity index (χ1) is 22.5. The Labute approximate surface area is 299 Å². The van der Waals surface area contributed by atoms with Crippen LogP contribution in [0.4, 0.5) is 0 Å². The van der Waals surface area contributed by atoms with Crippen LogP contribution in [0.15, 0.2) is 45.0 Å². The molecule has 0 N–H and O–H groups in total. The van der Waals surface area contributed by atoms with E-state index in [1.54, 1.807) is 0 Å². The molecule has 0 radical (unpaired) electrons. The minimum absolute atomic E-state index is 0.310. The van der Waals surface area contributed by atoms with Crippen LogP contribution < -0.4 is 0 Å². The third-order valence-corrected chi connectivity index (χ3v) is 13.3. The van der Waals surface area contributed by atoms with E-state index in [0.717, 1.165) is 12.1 Å². The second-order valence-electron chi connectivity index (χ2n) is 12.0. The van der Waals surface area contributed by atoms with Crippen LogP contribution in [0.1, 0.15) is 83.1 Å². The van der Waals surface area contributed by atoms with E-state index < -0.39 is 45.0 Å². The van der Waals surface area contributed by atoms with E-state index in [1.165, 1.54) is 92.0 Å². The molecule has 2 aromatic rings. The zero-order valence-electron chi connectivity index (χ0n) is 32.1. The number of nitrogens with zero attached hydrogens (tertiary/aromatic N) is 3. The van der Waals surface area contributed by atoms with Gasteiger partial charge in [0.15, 0.2) is 0 Å². The third kappa shape index (κ3) is 15.2. The predicted octanol–water partition coefficient (Wildman–Crippen LogP) is 5.20. The standard InChI is InChI=1S/C10H8O9S3.3C8H20N/c11-20(12,13)7-1-2-9-6(3-7)4-8(21(14,15)16)5-10(9)22(17,18)19;3*1-5-9(6-2,7-3)8-4/h1-5H,(H,11,12,13)(H,14,15,16)(H,17,18,19);3*5-8H2,1-4H3/q;3*+1/p-3. The molecule has 0 aliphatic heterocycles. The SMILES string of the molecule is CC[N+](CC)(CC)CC.CC[N+](CC)(CC)CC.CC[N+](CC)(CC)CC.O=S(=O)([O-])c1ccc2c(S(=O)(=O)[O-])cc(S(=O)(=O)[O-])cc2c1. The van der Waals surface area contributed by atoms with Crippen molar-refractivity contribution in [2.75, 3.05) is 78.5 Å². The van der Waals surface area contributed by atoms with Crippen molar-refractivity contribution in [3.8, 4) is 0 Å². The summed E-state index contributed by atoms with van der Waals surface area (Å²) >= 11 is 0. The lowest BCUT2D eigenvalue weighted by atomic mass is 10.1. The molecule has 2 rings (SSSR count). The van der Waals surface area contributed by atoms with Crippen molar-refractivity contribution in [1.82, 2.24) is 0 Å². The van der Waals surface area contributed by atoms with E-state index in [1.807, 2.05) is 0 Å². The predicted molar refractivity (Wildman–Crippen MR) is 195 cm³/mol. The fourth-order valence-electron chi connectivity index (χ4n) is 5.82. The van der Waals surface area contributed by atoms with E-state index in [-0.39, 0.29) is 10.8 Å². The smallest absolute Gasteiger partial charge is 0.125 e. The van der Waals surface area contributed by atoms with Crippen LogP contribution >= 0.6 is 0 Å². The van der Waals surface area contributed by atoms with Gasteiger partial charge >= 0.3 is 0 Å². The highest BCUT2D eigenvalue weighted by atomic mass is 32.2. The number of benzene rings is 2. The topological polar surface area (TPSA) is 172 Å². The molecule has 0 fully saturated rings. The average Bonchev–Trinajstić information content (AvgIpc) is 3.07. The summed E-state index contributed by atoms with van der Waals surface area (Å²) in [6, 6.07) is 3.39. The number of quaternary nitrogens is 3. The summed E-state index contributed by atoms with van der Waals surface area (Å²) in [5, 5.41) is -0.668. The van der Waals surface area contributed by atoms with Crippen molar-refractivity contribution < 1.29 is 52.4 Å². The Morgan fingerprint density at radius 2 is 0.673 bits per heavy atom. The van der Waals surface area contributed by atoms with Crippen LogP contribution in [0.5, 0.6) is 0 Å². The zero-order valence-corrected chi connectivity index (χ0v) is 34.6. The molecular weight excluding hydrogens is 691 g/mol. The van der Waals surface area contributed by atoms with Gasteiger partial charge in [-0.25, -0.2) is 25.3 Å². The maximum atomic E-state index is 11.2. The Kier molecular flexibility index (Phi) is 21.8. The second-order valence-corrected chi connectivity index (χ2v) is 16.1. The lowest BCUT2D eigenvalue weighted by Crippen LogP contribution is -2.47. The first-order valence-electron chi connectivity index (χ1n) is 17.5. The average molecular weight is 756 g/mol. The van der Waals surface area contributed by atoms with Crippen molar-refractivity contribution in [1.29, 1.82) is 0 Å². The van der Waals surface area contributed by atoms with Gasteiger partial charge in [0.05, 0.1) is 93.2 Å². The molecule has 0 atom stereocenters. The van der Waals surface area contributed by atoms with Crippen molar-refractivity contribution in [2.24, 2.45) is 0 Å². The molecule has 0 saturated carbocycles. The molecule has 0 aliphatic carbocycles. The number of hydrogen-bond acceptors (Lipinski definition) is 9. The quantitative estimate of drug-likeness (QED) is 0.175. The molecule has 49 heavy (non-hydrogen) atoms. The molecule has 0 aliphatic rings. The van der Waals surface area contributed by atoms with Crippen molar-refractivity contribution >= 4 is 41.1 Å². The summed E-state index contributed by atoms with van der Waals surface area (Å²) in [7, 11) is -15.1. The molecule has 0 bridgehead atoms. The van der Waals surface area contributed by atoms with Gasteiger partial charge in [0, 0.05) is 0 Å². The molecule has 12 nitrogen and oxygen atoms in total. The van der Waals surface area contributed by atoms with E-state index in [2.05, 4.69) is 83.1 Å². The zero-order chi connectivity index (χ0) is 38.9. The fourth-order valence-corrected chi connectivity index (χ4v) is 7.66. The van der Waals surface area contributed by atoms with Crippen LogP contribution in [0, 0.1) is 0 Å². The summed E-state index contributed by atoms with van der Waals surface area (Å²) in [6.07, 6.45) is 0. The van der Waals surface area contributed by atoms with Crippen molar-refractivity contribution in [3.05, 3.63) is 30.3 Å². The number of rotatable bonds is 15. The van der Waals surface area contributed by atoms with Crippen LogP contribution in [0.25, 0.3) is 10.8 Å². The first-order valence-corrected chi connectivity index (χ1v) is 21.8. The second kappa shape index (κ2) is 21.6. The highest BCUT2D eigenvalue weighted by molar-refractivity contribution is 7.86. The Morgan fingerprint density at radius 3 is 0.878 bits per heavy atom. The van der Waals surface area contributed by atoms with E-state index >= 15 is 0 Å². The molecular formula is C34H65N3O9S3. The fraction of sp³-hybridized carbons (Fsp3) is 0.706. The molecule has 2 aromatic carbocycles. The van der Waals surface area contributed by atoms with Gasteiger partial charge in [0.1, 0.15) is 30.4 Å². The van der Waals surface area contributed by atoms with Crippen molar-refractivity contribution in [3.63, 3.8) is 0 Å². The maximum Gasteiger partial charge on any atom is 0.125 e. The van der Waals surface area contributed by atoms with Crippen LogP contribution in [-0.2, 0) is 30.4 Å². The molecule has 15 heteroatoms. The monoisotopic (exact) mass is 755 g/mol. The summed E-state index contributed by atoms with van der Waals surface area (Å²) in [6.45, 7) is 42.7. The van der Waals surface area contributed by atoms with Gasteiger partial charge in [-0.05, 0) is 118 Å². The molecule has 0 amide bonds. The number of hydrogen-bond donors (Lipinski definition) is 0. The Balaban J connectivity index is 0. The molecule has 0 saturated heterocycles. The van der Waals surface area contributed by atoms with Gasteiger partial charge < -0.3 is 27.1 Å². The Morgan fingerprint density at radius 1 is 0.408 bits per heavy atom. The summed E-state index contributed by atoms with van der Waals surface area (Å²) < 4.78 is 103. The highest BCUT2D eigenvalue weighted by Gasteiger charge is 2.18. The Hall–Kier alpha value is -1.69. The summed E-state index contributed by atoms with van der Waals surface area (Å²) in [4.78, 5) is -2.81. The maximum absolute atomic E-state index is 11.2. The Bertz CT molecular complexity index is 1480. The van der Waals surface area contributed by atoms with Crippen molar-refractivity contribution in [2.45, 2.75) is 97.8 Å². The largest absolute Gasteiger partial charge is 0.744 e. The summed E-state index contributed by atoms with van der Waals surface area (Å²) in [5.41, 5.74) is 0. The van der Waals surface area contributed by atoms with E-state index in [4.69, 9.17) is 0 Å². The third-order valence-electron chi connectivity index (χ3n) is 10.8. The van der Waals surface area contributed by atoms with Crippen LogP contribution in [-0.4, -0.2) is 131 Å². The highest BCUT2D eigenvalue weighted by Crippen LogP contribution is 2.29. The molecule has 288 valence electrons. The van der Waals surface area contributed by atoms with E-state index in [9.17, 15) is 38.9 Å². The van der Waals surface area contributed by atoms with Gasteiger partial charge in [-0.2, -0.15) is 0 Å².